The maximum Gasteiger partial charge on any atom is 0.331 e. The van der Waals surface area contributed by atoms with Gasteiger partial charge in [-0.1, -0.05) is 6.92 Å². The predicted octanol–water partition coefficient (Wildman–Crippen LogP) is -0.263. The van der Waals surface area contributed by atoms with E-state index in [0.29, 0.717) is 32.1 Å². The summed E-state index contributed by atoms with van der Waals surface area (Å²) in [4.78, 5) is 11.9. The van der Waals surface area contributed by atoms with Crippen molar-refractivity contribution < 1.29 is 54.4 Å². The van der Waals surface area contributed by atoms with Crippen LogP contribution in [0, 0.1) is 34.5 Å². The molecule has 7 aliphatic rings. The summed E-state index contributed by atoms with van der Waals surface area (Å²) in [6, 6.07) is 0. The number of rotatable bonds is 3. The van der Waals surface area contributed by atoms with Crippen LogP contribution in [0.3, 0.4) is 0 Å². The molecule has 0 aromatic heterocycles. The van der Waals surface area contributed by atoms with E-state index in [-0.39, 0.29) is 55.9 Å². The zero-order valence-electron chi connectivity index (χ0n) is 22.9. The van der Waals surface area contributed by atoms with Gasteiger partial charge >= 0.3 is 5.97 Å². The fraction of sp³-hybridized carbons (Fsp3) is 0.897. The van der Waals surface area contributed by atoms with Crippen LogP contribution in [0.1, 0.15) is 58.3 Å². The molecule has 14 atom stereocenters. The van der Waals surface area contributed by atoms with Crippen LogP contribution in [0.4, 0.5) is 0 Å². The SMILES string of the molecule is C[C@]12[C@H](O)CC3C(CC[C@H]4C[C@H]5O[C@@H]6O[C@H](CO)C[C@@H](O)[C@]6(O)O[C@@H]5C[C@]34CO)[C@@]1(O)CC[C@@H]2C1=CC(=O)OC1. The zero-order valence-corrected chi connectivity index (χ0v) is 22.9. The molecule has 0 bridgehead atoms. The van der Waals surface area contributed by atoms with Crippen molar-refractivity contribution >= 4 is 5.97 Å². The monoisotopic (exact) mass is 566 g/mol. The molecule has 224 valence electrons. The Hall–Kier alpha value is -1.15. The molecule has 0 spiro atoms. The first-order chi connectivity index (χ1) is 19.0. The van der Waals surface area contributed by atoms with E-state index in [0.717, 1.165) is 18.4 Å². The maximum atomic E-state index is 12.5. The first kappa shape index (κ1) is 27.7. The second kappa shape index (κ2) is 9.17. The van der Waals surface area contributed by atoms with E-state index in [1.54, 1.807) is 0 Å². The van der Waals surface area contributed by atoms with Crippen molar-refractivity contribution in [2.24, 2.45) is 34.5 Å². The second-order valence-corrected chi connectivity index (χ2v) is 13.8. The third-order valence-electron chi connectivity index (χ3n) is 12.5. The number of cyclic esters (lactones) is 1. The molecule has 6 fully saturated rings. The average Bonchev–Trinajstić information content (AvgIpc) is 3.48. The van der Waals surface area contributed by atoms with Crippen molar-refractivity contribution in [3.63, 3.8) is 0 Å². The predicted molar refractivity (Wildman–Crippen MR) is 135 cm³/mol. The number of aliphatic hydroxyl groups is 6. The molecule has 6 N–H and O–H groups in total. The van der Waals surface area contributed by atoms with E-state index >= 15 is 0 Å². The summed E-state index contributed by atoms with van der Waals surface area (Å²) in [6.07, 6.45) is 0.297. The molecule has 2 saturated heterocycles. The number of ether oxygens (including phenoxy) is 4. The lowest BCUT2D eigenvalue weighted by atomic mass is 9.42. The Bertz CT molecular complexity index is 1080. The summed E-state index contributed by atoms with van der Waals surface area (Å²) in [7, 11) is 0. The van der Waals surface area contributed by atoms with Crippen LogP contribution < -0.4 is 0 Å². The highest BCUT2D eigenvalue weighted by atomic mass is 16.8. The van der Waals surface area contributed by atoms with Gasteiger partial charge in [0.15, 0.2) is 0 Å². The van der Waals surface area contributed by atoms with Gasteiger partial charge in [0.05, 0.1) is 36.6 Å². The highest BCUT2D eigenvalue weighted by Crippen LogP contribution is 2.70. The minimum absolute atomic E-state index is 0.00520. The molecule has 3 aliphatic heterocycles. The Morgan fingerprint density at radius 3 is 2.48 bits per heavy atom. The third-order valence-corrected chi connectivity index (χ3v) is 12.5. The van der Waals surface area contributed by atoms with E-state index in [2.05, 4.69) is 0 Å². The number of esters is 1. The van der Waals surface area contributed by atoms with Gasteiger partial charge in [-0.15, -0.1) is 0 Å². The molecule has 0 radical (unpaired) electrons. The topological polar surface area (TPSA) is 175 Å². The molecule has 11 nitrogen and oxygen atoms in total. The number of carbonyl (C=O) groups is 1. The van der Waals surface area contributed by atoms with E-state index < -0.39 is 59.0 Å². The van der Waals surface area contributed by atoms with Crippen molar-refractivity contribution in [2.75, 3.05) is 19.8 Å². The zero-order chi connectivity index (χ0) is 28.2. The maximum absolute atomic E-state index is 12.5. The first-order valence-electron chi connectivity index (χ1n) is 14.9. The Labute approximate surface area is 233 Å². The lowest BCUT2D eigenvalue weighted by Gasteiger charge is -2.66. The van der Waals surface area contributed by atoms with Gasteiger partial charge in [0.1, 0.15) is 12.7 Å². The lowest BCUT2D eigenvalue weighted by Crippen LogP contribution is -2.72. The van der Waals surface area contributed by atoms with Gasteiger partial charge < -0.3 is 49.6 Å². The molecule has 7 rings (SSSR count). The van der Waals surface area contributed by atoms with Gasteiger partial charge in [-0.05, 0) is 74.2 Å². The number of hydrogen-bond donors (Lipinski definition) is 6. The van der Waals surface area contributed by atoms with E-state index in [9.17, 15) is 35.4 Å². The highest BCUT2D eigenvalue weighted by Gasteiger charge is 2.72. The van der Waals surface area contributed by atoms with Crippen LogP contribution in [0.15, 0.2) is 11.6 Å². The number of fused-ring (bicyclic) bond motifs is 7. The smallest absolute Gasteiger partial charge is 0.331 e. The van der Waals surface area contributed by atoms with Crippen molar-refractivity contribution in [1.29, 1.82) is 0 Å². The quantitative estimate of drug-likeness (QED) is 0.196. The van der Waals surface area contributed by atoms with Crippen LogP contribution in [0.5, 0.6) is 0 Å². The van der Waals surface area contributed by atoms with Crippen LogP contribution in [-0.2, 0) is 23.7 Å². The minimum atomic E-state index is -2.10. The molecular weight excluding hydrogens is 524 g/mol. The highest BCUT2D eigenvalue weighted by molar-refractivity contribution is 5.85. The fourth-order valence-electron chi connectivity index (χ4n) is 10.4. The van der Waals surface area contributed by atoms with E-state index in [1.165, 1.54) is 6.08 Å². The molecule has 4 aliphatic carbocycles. The Morgan fingerprint density at radius 1 is 0.975 bits per heavy atom. The number of aliphatic hydroxyl groups excluding tert-OH is 4. The van der Waals surface area contributed by atoms with Crippen molar-refractivity contribution in [3.05, 3.63) is 11.6 Å². The largest absolute Gasteiger partial charge is 0.458 e. The summed E-state index contributed by atoms with van der Waals surface area (Å²) < 4.78 is 23.3. The number of carbonyl (C=O) groups excluding carboxylic acids is 1. The number of hydrogen-bond acceptors (Lipinski definition) is 11. The molecule has 0 aromatic carbocycles. The van der Waals surface area contributed by atoms with Gasteiger partial charge in [-0.3, -0.25) is 0 Å². The van der Waals surface area contributed by atoms with Gasteiger partial charge in [0.2, 0.25) is 12.1 Å². The van der Waals surface area contributed by atoms with Gasteiger partial charge in [-0.2, -0.15) is 0 Å². The van der Waals surface area contributed by atoms with Crippen LogP contribution in [0.25, 0.3) is 0 Å². The van der Waals surface area contributed by atoms with Crippen LogP contribution in [-0.4, -0.2) is 105 Å². The molecule has 0 amide bonds. The lowest BCUT2D eigenvalue weighted by molar-refractivity contribution is -0.461. The summed E-state index contributed by atoms with van der Waals surface area (Å²) >= 11 is 0. The van der Waals surface area contributed by atoms with Crippen molar-refractivity contribution in [2.45, 2.75) is 106 Å². The Balaban J connectivity index is 1.19. The van der Waals surface area contributed by atoms with Crippen molar-refractivity contribution in [3.8, 4) is 0 Å². The molecule has 11 heteroatoms. The minimum Gasteiger partial charge on any atom is -0.458 e. The summed E-state index contributed by atoms with van der Waals surface area (Å²) in [6.45, 7) is 1.67. The molecular formula is C29H42O11. The second-order valence-electron chi connectivity index (χ2n) is 13.8. The summed E-state index contributed by atoms with van der Waals surface area (Å²) in [5.41, 5.74) is -1.88. The fourth-order valence-corrected chi connectivity index (χ4v) is 10.4. The average molecular weight is 567 g/mol. The van der Waals surface area contributed by atoms with Gasteiger partial charge in [0.25, 0.3) is 0 Å². The van der Waals surface area contributed by atoms with Crippen molar-refractivity contribution in [1.82, 2.24) is 0 Å². The molecule has 4 saturated carbocycles. The van der Waals surface area contributed by atoms with E-state index in [1.807, 2.05) is 6.92 Å². The normalized spacial score (nSPS) is 57.2. The Morgan fingerprint density at radius 2 is 1.77 bits per heavy atom. The van der Waals surface area contributed by atoms with Crippen LogP contribution in [0.2, 0.25) is 0 Å². The van der Waals surface area contributed by atoms with Gasteiger partial charge in [0, 0.05) is 29.9 Å². The summed E-state index contributed by atoms with van der Waals surface area (Å²) in [5, 5.41) is 66.9. The molecule has 2 unspecified atom stereocenters. The summed E-state index contributed by atoms with van der Waals surface area (Å²) in [5.74, 6) is -2.97. The van der Waals surface area contributed by atoms with E-state index in [4.69, 9.17) is 18.9 Å². The van der Waals surface area contributed by atoms with Gasteiger partial charge in [-0.25, -0.2) is 4.79 Å². The molecule has 0 aromatic rings. The van der Waals surface area contributed by atoms with Crippen LogP contribution >= 0.6 is 0 Å². The third kappa shape index (κ3) is 3.47. The first-order valence-corrected chi connectivity index (χ1v) is 14.9. The molecule has 3 heterocycles. The molecule has 40 heavy (non-hydrogen) atoms. The standard InChI is InChI=1S/C29H42O11/c1-26-17(14-6-24(34)37-12-14)4-5-28(26,35)18-3-2-15-7-20-21(10-27(15,13-31)19(18)9-22(26)32)40-29(36)23(33)8-16(11-30)38-25(29)39-20/h6,15-23,25,30-33,35-36H,2-5,7-13H2,1H3/t15-,16-,17+,18?,19?,20+,21+,22+,23+,25-,26-,27+,28-,29-/m0/s1. The Kier molecular flexibility index (Phi) is 6.35.